The zero-order valence-electron chi connectivity index (χ0n) is 10.1. The lowest BCUT2D eigenvalue weighted by atomic mass is 10.2. The van der Waals surface area contributed by atoms with Crippen LogP contribution in [0.3, 0.4) is 0 Å². The average molecular weight is 251 g/mol. The van der Waals surface area contributed by atoms with Crippen molar-refractivity contribution in [1.29, 1.82) is 0 Å². The quantitative estimate of drug-likeness (QED) is 0.870. The van der Waals surface area contributed by atoms with Crippen LogP contribution in [0.4, 0.5) is 4.39 Å². The van der Waals surface area contributed by atoms with Crippen LogP contribution < -0.4 is 5.32 Å². The minimum atomic E-state index is -0.709. The van der Waals surface area contributed by atoms with E-state index in [0.29, 0.717) is 29.9 Å². The van der Waals surface area contributed by atoms with Gasteiger partial charge in [-0.1, -0.05) is 19.0 Å². The number of hydrogen-bond acceptors (Lipinski definition) is 5. The number of phenolic OH excluding ortho intramolecular Hbond substituents is 1. The second-order valence-electron chi connectivity index (χ2n) is 4.21. The molecule has 2 aromatic rings. The fourth-order valence-corrected chi connectivity index (χ4v) is 1.38. The highest BCUT2D eigenvalue weighted by molar-refractivity contribution is 5.55. The first-order chi connectivity index (χ1) is 8.56. The number of nitrogens with zero attached hydrogens (tertiary/aromatic N) is 2. The zero-order valence-corrected chi connectivity index (χ0v) is 10.1. The van der Waals surface area contributed by atoms with Crippen LogP contribution in [0.1, 0.15) is 19.7 Å². The summed E-state index contributed by atoms with van der Waals surface area (Å²) in [6, 6.07) is 4.27. The number of phenols is 1. The van der Waals surface area contributed by atoms with E-state index in [1.54, 1.807) is 0 Å². The van der Waals surface area contributed by atoms with E-state index in [4.69, 9.17) is 9.63 Å². The molecule has 5 nitrogen and oxygen atoms in total. The third kappa shape index (κ3) is 2.84. The summed E-state index contributed by atoms with van der Waals surface area (Å²) >= 11 is 0. The Morgan fingerprint density at radius 2 is 2.22 bits per heavy atom. The molecule has 2 rings (SSSR count). The minimum absolute atomic E-state index is 0.300. The molecule has 0 aliphatic rings. The third-order valence-electron chi connectivity index (χ3n) is 2.34. The van der Waals surface area contributed by atoms with Gasteiger partial charge in [-0.15, -0.1) is 0 Å². The molecule has 0 amide bonds. The molecule has 0 aliphatic carbocycles. The molecule has 0 saturated carbocycles. The van der Waals surface area contributed by atoms with Gasteiger partial charge in [0.2, 0.25) is 11.7 Å². The Labute approximate surface area is 104 Å². The summed E-state index contributed by atoms with van der Waals surface area (Å²) in [5.41, 5.74) is 0.463. The van der Waals surface area contributed by atoms with E-state index in [9.17, 15) is 4.39 Å². The molecule has 2 N–H and O–H groups in total. The van der Waals surface area contributed by atoms with Gasteiger partial charge >= 0.3 is 0 Å². The van der Waals surface area contributed by atoms with E-state index >= 15 is 0 Å². The van der Waals surface area contributed by atoms with Gasteiger partial charge in [0.15, 0.2) is 11.6 Å². The van der Waals surface area contributed by atoms with E-state index in [1.165, 1.54) is 18.2 Å². The van der Waals surface area contributed by atoms with Crippen LogP contribution in [0, 0.1) is 5.82 Å². The van der Waals surface area contributed by atoms with Gasteiger partial charge in [0, 0.05) is 11.6 Å². The lowest BCUT2D eigenvalue weighted by Crippen LogP contribution is -2.21. The molecule has 0 aliphatic heterocycles. The van der Waals surface area contributed by atoms with E-state index < -0.39 is 11.6 Å². The predicted octanol–water partition coefficient (Wildman–Crippen LogP) is 2.08. The SMILES string of the molecule is CC(C)NCc1nc(-c2ccc(O)c(F)c2)no1. The van der Waals surface area contributed by atoms with Gasteiger partial charge in [0.25, 0.3) is 0 Å². The van der Waals surface area contributed by atoms with Crippen LogP contribution in [0.15, 0.2) is 22.7 Å². The molecule has 0 bridgehead atoms. The molecule has 0 spiro atoms. The van der Waals surface area contributed by atoms with E-state index in [2.05, 4.69) is 15.5 Å². The van der Waals surface area contributed by atoms with Crippen LogP contribution in [0.5, 0.6) is 5.75 Å². The number of benzene rings is 1. The number of rotatable bonds is 4. The van der Waals surface area contributed by atoms with Crippen molar-refractivity contribution in [2.24, 2.45) is 0 Å². The Hall–Kier alpha value is -1.95. The Kier molecular flexibility index (Phi) is 3.57. The summed E-state index contributed by atoms with van der Waals surface area (Å²) in [5.74, 6) is -0.371. The molecular formula is C12H14FN3O2. The molecule has 0 saturated heterocycles. The lowest BCUT2D eigenvalue weighted by molar-refractivity contribution is 0.362. The van der Waals surface area contributed by atoms with Gasteiger partial charge in [0.05, 0.1) is 6.54 Å². The monoisotopic (exact) mass is 251 g/mol. The van der Waals surface area contributed by atoms with Gasteiger partial charge in [-0.05, 0) is 18.2 Å². The standard InChI is InChI=1S/C12H14FN3O2/c1-7(2)14-6-11-15-12(16-18-11)8-3-4-10(17)9(13)5-8/h3-5,7,14,17H,6H2,1-2H3. The van der Waals surface area contributed by atoms with Crippen molar-refractivity contribution in [1.82, 2.24) is 15.5 Å². The molecule has 0 unspecified atom stereocenters. The number of hydrogen-bond donors (Lipinski definition) is 2. The summed E-state index contributed by atoms with van der Waals surface area (Å²) in [6.07, 6.45) is 0. The smallest absolute Gasteiger partial charge is 0.240 e. The van der Waals surface area contributed by atoms with Crippen molar-refractivity contribution >= 4 is 0 Å². The Morgan fingerprint density at radius 1 is 1.44 bits per heavy atom. The van der Waals surface area contributed by atoms with Crippen LogP contribution in [-0.2, 0) is 6.54 Å². The Balaban J connectivity index is 2.16. The van der Waals surface area contributed by atoms with E-state index in [-0.39, 0.29) is 0 Å². The maximum atomic E-state index is 13.2. The first-order valence-corrected chi connectivity index (χ1v) is 5.61. The molecular weight excluding hydrogens is 237 g/mol. The number of nitrogens with one attached hydrogen (secondary N) is 1. The van der Waals surface area contributed by atoms with Gasteiger partial charge in [-0.25, -0.2) is 4.39 Å². The van der Waals surface area contributed by atoms with Crippen molar-refractivity contribution in [2.75, 3.05) is 0 Å². The molecule has 1 aromatic carbocycles. The number of aromatic nitrogens is 2. The Morgan fingerprint density at radius 3 is 2.89 bits per heavy atom. The minimum Gasteiger partial charge on any atom is -0.505 e. The van der Waals surface area contributed by atoms with Crippen molar-refractivity contribution in [3.8, 4) is 17.1 Å². The lowest BCUT2D eigenvalue weighted by Gasteiger charge is -2.02. The topological polar surface area (TPSA) is 71.2 Å². The van der Waals surface area contributed by atoms with E-state index in [1.807, 2.05) is 13.8 Å². The molecule has 96 valence electrons. The highest BCUT2D eigenvalue weighted by Crippen LogP contribution is 2.22. The molecule has 18 heavy (non-hydrogen) atoms. The highest BCUT2D eigenvalue weighted by Gasteiger charge is 2.11. The van der Waals surface area contributed by atoms with Crippen molar-refractivity contribution in [2.45, 2.75) is 26.4 Å². The van der Waals surface area contributed by atoms with Crippen molar-refractivity contribution in [3.05, 3.63) is 29.9 Å². The summed E-state index contributed by atoms with van der Waals surface area (Å²) in [7, 11) is 0. The molecule has 0 fully saturated rings. The second-order valence-corrected chi connectivity index (χ2v) is 4.21. The molecule has 6 heteroatoms. The number of halogens is 1. The first-order valence-electron chi connectivity index (χ1n) is 5.61. The average Bonchev–Trinajstić information content (AvgIpc) is 2.79. The first kappa shape index (κ1) is 12.5. The van der Waals surface area contributed by atoms with Crippen LogP contribution >= 0.6 is 0 Å². The van der Waals surface area contributed by atoms with Crippen LogP contribution in [-0.4, -0.2) is 21.3 Å². The van der Waals surface area contributed by atoms with Gasteiger partial charge in [-0.3, -0.25) is 0 Å². The maximum absolute atomic E-state index is 13.2. The van der Waals surface area contributed by atoms with Crippen molar-refractivity contribution < 1.29 is 14.0 Å². The normalized spacial score (nSPS) is 11.1. The van der Waals surface area contributed by atoms with E-state index in [0.717, 1.165) is 0 Å². The summed E-state index contributed by atoms with van der Waals surface area (Å²) in [5, 5.41) is 16.0. The van der Waals surface area contributed by atoms with Gasteiger partial charge in [0.1, 0.15) is 0 Å². The molecule has 1 heterocycles. The molecule has 1 aromatic heterocycles. The number of aromatic hydroxyl groups is 1. The zero-order chi connectivity index (χ0) is 13.1. The van der Waals surface area contributed by atoms with Gasteiger partial charge in [-0.2, -0.15) is 4.98 Å². The predicted molar refractivity (Wildman–Crippen MR) is 63.3 cm³/mol. The third-order valence-corrected chi connectivity index (χ3v) is 2.34. The molecule has 0 atom stereocenters. The fraction of sp³-hybridized carbons (Fsp3) is 0.333. The highest BCUT2D eigenvalue weighted by atomic mass is 19.1. The van der Waals surface area contributed by atoms with Crippen molar-refractivity contribution in [3.63, 3.8) is 0 Å². The summed E-state index contributed by atoms with van der Waals surface area (Å²) in [6.45, 7) is 4.48. The Bertz CT molecular complexity index is 540. The fourth-order valence-electron chi connectivity index (χ4n) is 1.38. The molecule has 0 radical (unpaired) electrons. The second kappa shape index (κ2) is 5.14. The summed E-state index contributed by atoms with van der Waals surface area (Å²) in [4.78, 5) is 4.13. The van der Waals surface area contributed by atoms with Crippen LogP contribution in [0.2, 0.25) is 0 Å². The van der Waals surface area contributed by atoms with Gasteiger partial charge < -0.3 is 14.9 Å². The summed E-state index contributed by atoms with van der Waals surface area (Å²) < 4.78 is 18.2. The largest absolute Gasteiger partial charge is 0.505 e. The maximum Gasteiger partial charge on any atom is 0.240 e. The van der Waals surface area contributed by atoms with Crippen LogP contribution in [0.25, 0.3) is 11.4 Å².